The summed E-state index contributed by atoms with van der Waals surface area (Å²) in [5.41, 5.74) is 6.09. The predicted molar refractivity (Wildman–Crippen MR) is 128 cm³/mol. The van der Waals surface area contributed by atoms with Crippen molar-refractivity contribution in [2.45, 2.75) is 19.4 Å². The van der Waals surface area contributed by atoms with E-state index in [4.69, 9.17) is 4.98 Å². The third kappa shape index (κ3) is 4.50. The molecule has 1 N–H and O–H groups in total. The zero-order valence-electron chi connectivity index (χ0n) is 18.2. The normalized spacial score (nSPS) is 13.9. The Morgan fingerprint density at radius 3 is 2.53 bits per heavy atom. The molecule has 0 spiro atoms. The van der Waals surface area contributed by atoms with Crippen LogP contribution in [0, 0.1) is 0 Å². The number of anilines is 1. The molecular formula is C26H26N6. The maximum Gasteiger partial charge on any atom is 0.180 e. The average molecular weight is 423 g/mol. The lowest BCUT2D eigenvalue weighted by atomic mass is 10.0. The van der Waals surface area contributed by atoms with Crippen LogP contribution in [0.1, 0.15) is 18.4 Å². The summed E-state index contributed by atoms with van der Waals surface area (Å²) < 4.78 is 0. The van der Waals surface area contributed by atoms with Crippen LogP contribution in [0.15, 0.2) is 73.2 Å². The molecule has 1 aliphatic heterocycles. The maximum absolute atomic E-state index is 4.78. The highest BCUT2D eigenvalue weighted by Gasteiger charge is 2.13. The van der Waals surface area contributed by atoms with E-state index in [1.54, 1.807) is 6.20 Å². The second-order valence-electron chi connectivity index (χ2n) is 8.07. The molecule has 0 unspecified atom stereocenters. The third-order valence-corrected chi connectivity index (χ3v) is 5.78. The molecule has 0 atom stereocenters. The second kappa shape index (κ2) is 9.24. The zero-order valence-corrected chi connectivity index (χ0v) is 18.2. The Hall–Kier alpha value is -3.64. The fourth-order valence-corrected chi connectivity index (χ4v) is 4.12. The Kier molecular flexibility index (Phi) is 5.85. The van der Waals surface area contributed by atoms with Gasteiger partial charge in [0.05, 0.1) is 5.69 Å². The van der Waals surface area contributed by atoms with E-state index in [1.807, 2.05) is 43.7 Å². The smallest absolute Gasteiger partial charge is 0.180 e. The summed E-state index contributed by atoms with van der Waals surface area (Å²) in [4.78, 5) is 20.8. The minimum atomic E-state index is 0.588. The van der Waals surface area contributed by atoms with Crippen molar-refractivity contribution in [1.82, 2.24) is 24.8 Å². The van der Waals surface area contributed by atoms with Crippen LogP contribution in [0.3, 0.4) is 0 Å². The Morgan fingerprint density at radius 1 is 0.844 bits per heavy atom. The van der Waals surface area contributed by atoms with Crippen LogP contribution in [-0.4, -0.2) is 45.0 Å². The SMILES string of the molecule is CNc1cc(-c2cncc(-c3cccc(CN4CCCC4)c3)c2)nc(-c2ccccn2)n1. The Bertz CT molecular complexity index is 1200. The minimum absolute atomic E-state index is 0.588. The van der Waals surface area contributed by atoms with E-state index < -0.39 is 0 Å². The molecule has 1 aliphatic rings. The number of hydrogen-bond acceptors (Lipinski definition) is 6. The van der Waals surface area contributed by atoms with Gasteiger partial charge in [-0.3, -0.25) is 14.9 Å². The number of rotatable bonds is 6. The first-order valence-electron chi connectivity index (χ1n) is 11.0. The fraction of sp³-hybridized carbons (Fsp3) is 0.231. The van der Waals surface area contributed by atoms with Crippen LogP contribution in [0.5, 0.6) is 0 Å². The molecule has 4 aromatic rings. The van der Waals surface area contributed by atoms with Crippen LogP contribution in [0.2, 0.25) is 0 Å². The van der Waals surface area contributed by atoms with Crippen LogP contribution in [0.4, 0.5) is 5.82 Å². The summed E-state index contributed by atoms with van der Waals surface area (Å²) in [6.07, 6.45) is 8.13. The Morgan fingerprint density at radius 2 is 1.72 bits per heavy atom. The van der Waals surface area contributed by atoms with Crippen molar-refractivity contribution in [2.24, 2.45) is 0 Å². The van der Waals surface area contributed by atoms with E-state index in [-0.39, 0.29) is 0 Å². The van der Waals surface area contributed by atoms with E-state index in [9.17, 15) is 0 Å². The summed E-state index contributed by atoms with van der Waals surface area (Å²) in [7, 11) is 1.86. The third-order valence-electron chi connectivity index (χ3n) is 5.78. The average Bonchev–Trinajstić information content (AvgIpc) is 3.37. The topological polar surface area (TPSA) is 66.8 Å². The Balaban J connectivity index is 1.48. The molecule has 3 aromatic heterocycles. The standard InChI is InChI=1S/C26H26N6/c1-27-25-15-24(30-26(31-25)23-9-2-3-10-29-23)22-14-21(16-28-17-22)20-8-6-7-19(13-20)18-32-11-4-5-12-32/h2-3,6-10,13-17H,4-5,11-12,18H2,1H3,(H,27,30,31). The van der Waals surface area contributed by atoms with Gasteiger partial charge in [0, 0.05) is 49.4 Å². The molecule has 4 heterocycles. The van der Waals surface area contributed by atoms with Crippen LogP contribution >= 0.6 is 0 Å². The van der Waals surface area contributed by atoms with Crippen molar-refractivity contribution >= 4 is 5.82 Å². The van der Waals surface area contributed by atoms with Gasteiger partial charge in [-0.25, -0.2) is 9.97 Å². The molecule has 160 valence electrons. The number of pyridine rings is 2. The molecule has 1 aromatic carbocycles. The molecule has 6 heteroatoms. The first kappa shape index (κ1) is 20.3. The molecule has 1 saturated heterocycles. The van der Waals surface area contributed by atoms with Gasteiger partial charge in [0.15, 0.2) is 5.82 Å². The lowest BCUT2D eigenvalue weighted by molar-refractivity contribution is 0.331. The van der Waals surface area contributed by atoms with Crippen molar-refractivity contribution in [3.8, 4) is 33.9 Å². The second-order valence-corrected chi connectivity index (χ2v) is 8.07. The van der Waals surface area contributed by atoms with Gasteiger partial charge in [-0.2, -0.15) is 0 Å². The van der Waals surface area contributed by atoms with Crippen molar-refractivity contribution in [3.63, 3.8) is 0 Å². The van der Waals surface area contributed by atoms with E-state index >= 15 is 0 Å². The molecule has 0 bridgehead atoms. The highest BCUT2D eigenvalue weighted by atomic mass is 15.1. The molecule has 0 amide bonds. The first-order valence-corrected chi connectivity index (χ1v) is 11.0. The quantitative estimate of drug-likeness (QED) is 0.476. The number of benzene rings is 1. The maximum atomic E-state index is 4.78. The Labute approximate surface area is 188 Å². The number of aromatic nitrogens is 4. The van der Waals surface area contributed by atoms with E-state index in [0.29, 0.717) is 5.82 Å². The number of hydrogen-bond donors (Lipinski definition) is 1. The lowest BCUT2D eigenvalue weighted by Gasteiger charge is -2.15. The number of nitrogens with one attached hydrogen (secondary N) is 1. The van der Waals surface area contributed by atoms with Gasteiger partial charge in [0.25, 0.3) is 0 Å². The predicted octanol–water partition coefficient (Wildman–Crippen LogP) is 4.91. The van der Waals surface area contributed by atoms with Crippen molar-refractivity contribution in [1.29, 1.82) is 0 Å². The molecule has 6 nitrogen and oxygen atoms in total. The van der Waals surface area contributed by atoms with Gasteiger partial charge in [0.2, 0.25) is 0 Å². The molecule has 0 aliphatic carbocycles. The van der Waals surface area contributed by atoms with Gasteiger partial charge in [0.1, 0.15) is 11.5 Å². The van der Waals surface area contributed by atoms with Crippen molar-refractivity contribution < 1.29 is 0 Å². The van der Waals surface area contributed by atoms with E-state index in [2.05, 4.69) is 55.5 Å². The van der Waals surface area contributed by atoms with Crippen molar-refractivity contribution in [2.75, 3.05) is 25.5 Å². The molecule has 0 saturated carbocycles. The largest absolute Gasteiger partial charge is 0.373 e. The van der Waals surface area contributed by atoms with Gasteiger partial charge in [-0.1, -0.05) is 24.3 Å². The lowest BCUT2D eigenvalue weighted by Crippen LogP contribution is -2.18. The summed E-state index contributed by atoms with van der Waals surface area (Å²) in [6, 6.07) is 18.6. The molecular weight excluding hydrogens is 396 g/mol. The summed E-state index contributed by atoms with van der Waals surface area (Å²) in [6.45, 7) is 3.40. The number of likely N-dealkylation sites (tertiary alicyclic amines) is 1. The fourth-order valence-electron chi connectivity index (χ4n) is 4.12. The van der Waals surface area contributed by atoms with Crippen LogP contribution in [-0.2, 0) is 6.54 Å². The van der Waals surface area contributed by atoms with E-state index in [1.165, 1.54) is 37.1 Å². The van der Waals surface area contributed by atoms with Crippen molar-refractivity contribution in [3.05, 3.63) is 78.8 Å². The molecule has 0 radical (unpaired) electrons. The van der Waals surface area contributed by atoms with Gasteiger partial charge in [-0.15, -0.1) is 0 Å². The van der Waals surface area contributed by atoms with Gasteiger partial charge < -0.3 is 5.32 Å². The first-order chi connectivity index (χ1) is 15.8. The van der Waals surface area contributed by atoms with Gasteiger partial charge >= 0.3 is 0 Å². The summed E-state index contributed by atoms with van der Waals surface area (Å²) in [5.74, 6) is 1.33. The summed E-state index contributed by atoms with van der Waals surface area (Å²) in [5, 5.41) is 3.13. The van der Waals surface area contributed by atoms with Gasteiger partial charge in [-0.05, 0) is 61.3 Å². The molecule has 1 fully saturated rings. The highest BCUT2D eigenvalue weighted by Crippen LogP contribution is 2.28. The highest BCUT2D eigenvalue weighted by molar-refractivity contribution is 5.72. The summed E-state index contributed by atoms with van der Waals surface area (Å²) >= 11 is 0. The number of nitrogens with zero attached hydrogens (tertiary/aromatic N) is 5. The monoisotopic (exact) mass is 422 g/mol. The van der Waals surface area contributed by atoms with Crippen LogP contribution < -0.4 is 5.32 Å². The zero-order chi connectivity index (χ0) is 21.8. The minimum Gasteiger partial charge on any atom is -0.373 e. The van der Waals surface area contributed by atoms with Crippen LogP contribution in [0.25, 0.3) is 33.9 Å². The molecule has 5 rings (SSSR count). The molecule has 32 heavy (non-hydrogen) atoms. The van der Waals surface area contributed by atoms with E-state index in [0.717, 1.165) is 34.9 Å².